The average Bonchev–Trinajstić information content (AvgIpc) is 2.88. The molecular weight excluding hydrogens is 400 g/mol. The van der Waals surface area contributed by atoms with E-state index in [4.69, 9.17) is 8.37 Å². The summed E-state index contributed by atoms with van der Waals surface area (Å²) < 4.78 is 56.8. The summed E-state index contributed by atoms with van der Waals surface area (Å²) in [5, 5.41) is 0. The zero-order valence-electron chi connectivity index (χ0n) is 16.6. The van der Waals surface area contributed by atoms with Crippen molar-refractivity contribution >= 4 is 20.2 Å². The van der Waals surface area contributed by atoms with Crippen molar-refractivity contribution in [2.45, 2.75) is 57.5 Å². The van der Waals surface area contributed by atoms with E-state index in [9.17, 15) is 16.8 Å². The molecule has 0 aliphatic heterocycles. The molecule has 5 atom stereocenters. The first-order chi connectivity index (χ1) is 13.0. The number of hydrogen-bond donors (Lipinski definition) is 0. The zero-order valence-corrected chi connectivity index (χ0v) is 18.2. The van der Waals surface area contributed by atoms with Gasteiger partial charge in [-0.25, -0.2) is 0 Å². The van der Waals surface area contributed by atoms with Crippen molar-refractivity contribution in [2.75, 3.05) is 12.5 Å². The topological polar surface area (TPSA) is 86.7 Å². The third-order valence-corrected chi connectivity index (χ3v) is 8.23. The molecule has 156 valence electrons. The van der Waals surface area contributed by atoms with Gasteiger partial charge in [0.15, 0.2) is 0 Å². The molecule has 28 heavy (non-hydrogen) atoms. The predicted octanol–water partition coefficient (Wildman–Crippen LogP) is 3.23. The molecule has 1 aromatic carbocycles. The van der Waals surface area contributed by atoms with Crippen LogP contribution in [0.3, 0.4) is 0 Å². The van der Waals surface area contributed by atoms with E-state index < -0.39 is 20.2 Å². The number of benzene rings is 1. The summed E-state index contributed by atoms with van der Waals surface area (Å²) in [6.07, 6.45) is 7.64. The van der Waals surface area contributed by atoms with E-state index in [-0.39, 0.29) is 11.5 Å². The highest BCUT2D eigenvalue weighted by Crippen LogP contribution is 2.61. The molecule has 0 aromatic heterocycles. The largest absolute Gasteiger partial charge is 0.383 e. The Balaban J connectivity index is 1.59. The molecule has 0 saturated heterocycles. The lowest BCUT2D eigenvalue weighted by molar-refractivity contribution is -0.00766. The van der Waals surface area contributed by atoms with Crippen LogP contribution in [0.4, 0.5) is 0 Å². The smallest absolute Gasteiger partial charge is 0.306 e. The maximum atomic E-state index is 11.7. The van der Waals surface area contributed by atoms with Crippen LogP contribution < -0.4 is 4.18 Å². The highest BCUT2D eigenvalue weighted by molar-refractivity contribution is 7.86. The van der Waals surface area contributed by atoms with Crippen molar-refractivity contribution in [1.82, 2.24) is 0 Å². The summed E-state index contributed by atoms with van der Waals surface area (Å²) >= 11 is 0. The summed E-state index contributed by atoms with van der Waals surface area (Å²) in [4.78, 5) is 0. The minimum absolute atomic E-state index is 0.0961. The van der Waals surface area contributed by atoms with Gasteiger partial charge in [0, 0.05) is 0 Å². The number of rotatable bonds is 4. The van der Waals surface area contributed by atoms with Crippen LogP contribution in [0.1, 0.15) is 56.1 Å². The van der Waals surface area contributed by atoms with E-state index in [1.165, 1.54) is 11.1 Å². The van der Waals surface area contributed by atoms with Crippen LogP contribution in [0, 0.1) is 17.3 Å². The first kappa shape index (κ1) is 20.2. The van der Waals surface area contributed by atoms with Gasteiger partial charge in [0.05, 0.1) is 18.6 Å². The minimum atomic E-state index is -3.53. The monoisotopic (exact) mass is 428 g/mol. The summed E-state index contributed by atoms with van der Waals surface area (Å²) in [5.41, 5.74) is 2.38. The van der Waals surface area contributed by atoms with Crippen LogP contribution in [0.25, 0.3) is 0 Å². The Morgan fingerprint density at radius 3 is 2.43 bits per heavy atom. The normalized spacial score (nSPS) is 35.0. The summed E-state index contributed by atoms with van der Waals surface area (Å²) in [6.45, 7) is 2.20. The van der Waals surface area contributed by atoms with Crippen LogP contribution in [-0.2, 0) is 30.8 Å². The second-order valence-electron chi connectivity index (χ2n) is 8.97. The molecule has 0 radical (unpaired) electrons. The van der Waals surface area contributed by atoms with Crippen LogP contribution in [-0.4, -0.2) is 35.5 Å². The van der Waals surface area contributed by atoms with Gasteiger partial charge in [0.1, 0.15) is 5.75 Å². The molecule has 0 bridgehead atoms. The first-order valence-corrected chi connectivity index (χ1v) is 13.5. The third kappa shape index (κ3) is 3.71. The second-order valence-corrected chi connectivity index (χ2v) is 12.2. The van der Waals surface area contributed by atoms with E-state index in [2.05, 4.69) is 6.92 Å². The number of hydrogen-bond acceptors (Lipinski definition) is 6. The first-order valence-electron chi connectivity index (χ1n) is 9.87. The van der Waals surface area contributed by atoms with E-state index in [1.54, 1.807) is 6.07 Å². The lowest BCUT2D eigenvalue weighted by Gasteiger charge is -2.50. The van der Waals surface area contributed by atoms with E-state index in [0.29, 0.717) is 23.5 Å². The number of aryl methyl sites for hydroxylation is 1. The molecule has 3 aliphatic carbocycles. The molecule has 0 heterocycles. The third-order valence-electron chi connectivity index (χ3n) is 7.15. The van der Waals surface area contributed by atoms with Crippen LogP contribution in [0.2, 0.25) is 0 Å². The van der Waals surface area contributed by atoms with Crippen molar-refractivity contribution in [3.05, 3.63) is 29.3 Å². The lowest BCUT2D eigenvalue weighted by atomic mass is 9.55. The van der Waals surface area contributed by atoms with E-state index in [1.807, 2.05) is 12.1 Å². The predicted molar refractivity (Wildman–Crippen MR) is 106 cm³/mol. The fraction of sp³-hybridized carbons (Fsp3) is 0.700. The zero-order chi connectivity index (χ0) is 20.3. The molecule has 4 rings (SSSR count). The Bertz CT molecular complexity index is 984. The molecule has 2 saturated carbocycles. The Morgan fingerprint density at radius 1 is 1.00 bits per heavy atom. The van der Waals surface area contributed by atoms with Gasteiger partial charge in [-0.05, 0) is 85.0 Å². The van der Waals surface area contributed by atoms with Gasteiger partial charge in [0.25, 0.3) is 10.1 Å². The standard InChI is InChI=1S/C20H28O6S2/c1-20-11-10-16-15-7-5-14(25-27(2,21)22)12-13(15)4-6-17(16)18(20)8-9-19(20)26-28(3,23)24/h5,7,12,16-19H,4,6,8-11H2,1-3H3/t16-,17+,18+,19+,20-/m1/s1. The van der Waals surface area contributed by atoms with Gasteiger partial charge in [-0.3, -0.25) is 4.18 Å². The fourth-order valence-corrected chi connectivity index (χ4v) is 7.30. The molecule has 0 N–H and O–H groups in total. The molecule has 3 aliphatic rings. The maximum Gasteiger partial charge on any atom is 0.306 e. The van der Waals surface area contributed by atoms with Crippen molar-refractivity contribution in [3.63, 3.8) is 0 Å². The Hall–Kier alpha value is -1.12. The van der Waals surface area contributed by atoms with E-state index in [0.717, 1.165) is 51.0 Å². The van der Waals surface area contributed by atoms with E-state index >= 15 is 0 Å². The molecule has 0 spiro atoms. The average molecular weight is 429 g/mol. The minimum Gasteiger partial charge on any atom is -0.383 e. The molecule has 6 nitrogen and oxygen atoms in total. The number of fused-ring (bicyclic) bond motifs is 5. The van der Waals surface area contributed by atoms with Gasteiger partial charge < -0.3 is 4.18 Å². The van der Waals surface area contributed by atoms with Gasteiger partial charge in [-0.1, -0.05) is 13.0 Å². The molecular formula is C20H28O6S2. The Labute approximate surface area is 167 Å². The van der Waals surface area contributed by atoms with Crippen molar-refractivity contribution in [2.24, 2.45) is 17.3 Å². The maximum absolute atomic E-state index is 11.7. The SMILES string of the molecule is C[C@@]12CC[C@@H]3c4ccc(OS(C)(=O)=O)cc4CC[C@@H]3[C@@H]1CC[C@@H]2OS(C)(=O)=O. The van der Waals surface area contributed by atoms with Crippen molar-refractivity contribution in [1.29, 1.82) is 0 Å². The van der Waals surface area contributed by atoms with Crippen LogP contribution in [0.5, 0.6) is 5.75 Å². The Kier molecular flexibility index (Phi) is 4.83. The summed E-state index contributed by atoms with van der Waals surface area (Å²) in [7, 11) is -6.99. The summed E-state index contributed by atoms with van der Waals surface area (Å²) in [5.74, 6) is 1.79. The molecule has 8 heteroatoms. The molecule has 0 unspecified atom stereocenters. The van der Waals surface area contributed by atoms with Gasteiger partial charge in [0.2, 0.25) is 0 Å². The van der Waals surface area contributed by atoms with Crippen LogP contribution in [0.15, 0.2) is 18.2 Å². The molecule has 1 aromatic rings. The van der Waals surface area contributed by atoms with Gasteiger partial charge >= 0.3 is 10.1 Å². The quantitative estimate of drug-likeness (QED) is 0.685. The van der Waals surface area contributed by atoms with Crippen LogP contribution >= 0.6 is 0 Å². The highest BCUT2D eigenvalue weighted by atomic mass is 32.2. The van der Waals surface area contributed by atoms with Crippen molar-refractivity contribution in [3.8, 4) is 5.75 Å². The molecule has 0 amide bonds. The second kappa shape index (κ2) is 6.71. The fourth-order valence-electron chi connectivity index (χ4n) is 6.11. The summed E-state index contributed by atoms with van der Waals surface area (Å²) in [6, 6.07) is 5.64. The van der Waals surface area contributed by atoms with Gasteiger partial charge in [-0.15, -0.1) is 0 Å². The van der Waals surface area contributed by atoms with Gasteiger partial charge in [-0.2, -0.15) is 16.8 Å². The molecule has 2 fully saturated rings. The Morgan fingerprint density at radius 2 is 1.75 bits per heavy atom. The lowest BCUT2D eigenvalue weighted by Crippen LogP contribution is -2.45. The highest BCUT2D eigenvalue weighted by Gasteiger charge is 2.56. The van der Waals surface area contributed by atoms with Crippen molar-refractivity contribution < 1.29 is 25.2 Å².